The average molecular weight is 1630 g/mol. The molecule has 0 aromatic carbocycles. The van der Waals surface area contributed by atoms with E-state index in [1.54, 1.807) is 0 Å². The lowest BCUT2D eigenvalue weighted by molar-refractivity contribution is -0.150. The van der Waals surface area contributed by atoms with Crippen molar-refractivity contribution in [2.24, 2.45) is 28.7 Å². The Morgan fingerprint density at radius 2 is 0.561 bits per heavy atom. The van der Waals surface area contributed by atoms with E-state index in [1.165, 1.54) is 27.7 Å². The number of aliphatic hydroxyl groups excluding tert-OH is 3. The largest absolute Gasteiger partial charge is 0.481 e. The highest BCUT2D eigenvalue weighted by molar-refractivity contribution is 6.01. The van der Waals surface area contributed by atoms with E-state index in [9.17, 15) is 117 Å². The van der Waals surface area contributed by atoms with Crippen LogP contribution in [0.4, 0.5) is 0 Å². The third-order valence-corrected chi connectivity index (χ3v) is 19.4. The Hall–Kier alpha value is -9.86. The van der Waals surface area contributed by atoms with E-state index in [4.69, 9.17) is 28.7 Å². The van der Waals surface area contributed by atoms with Gasteiger partial charge < -0.3 is 138 Å². The van der Waals surface area contributed by atoms with Crippen molar-refractivity contribution in [2.45, 2.75) is 266 Å². The second-order valence-corrected chi connectivity index (χ2v) is 28.5. The first-order chi connectivity index (χ1) is 54.0. The summed E-state index contributed by atoms with van der Waals surface area (Å²) in [6.07, 6.45) is 1.01. The van der Waals surface area contributed by atoms with E-state index in [-0.39, 0.29) is 123 Å². The van der Waals surface area contributed by atoms with Crippen molar-refractivity contribution in [3.05, 3.63) is 0 Å². The molecule has 0 aromatic heterocycles. The van der Waals surface area contributed by atoms with Gasteiger partial charge in [-0.2, -0.15) is 0 Å². The number of unbranched alkanes of at least 4 members (excludes halogenated alkanes) is 4. The predicted octanol–water partition coefficient (Wildman–Crippen LogP) is -9.51. The van der Waals surface area contributed by atoms with E-state index in [1.807, 2.05) is 0 Å². The van der Waals surface area contributed by atoms with Crippen LogP contribution < -0.4 is 92.5 Å². The number of nitrogens with two attached hydrogens (primary N) is 5. The van der Waals surface area contributed by atoms with Gasteiger partial charge in [0, 0.05) is 32.5 Å². The molecule has 0 unspecified atom stereocenters. The van der Waals surface area contributed by atoms with Crippen LogP contribution in [0.3, 0.4) is 0 Å². The Labute approximate surface area is 659 Å². The molecule has 3 aliphatic rings. The zero-order valence-corrected chi connectivity index (χ0v) is 65.1. The minimum absolute atomic E-state index is 0.00344. The number of aliphatic carboxylic acids is 3. The summed E-state index contributed by atoms with van der Waals surface area (Å²) in [7, 11) is 0. The van der Waals surface area contributed by atoms with Gasteiger partial charge in [0.1, 0.15) is 90.6 Å². The van der Waals surface area contributed by atoms with Crippen molar-refractivity contribution >= 4 is 107 Å². The Morgan fingerprint density at radius 1 is 0.316 bits per heavy atom. The number of hydrogen-bond acceptors (Lipinski definition) is 26. The van der Waals surface area contributed by atoms with Crippen molar-refractivity contribution in [1.29, 1.82) is 0 Å². The number of carbonyl (C=O) groups is 18. The number of nitrogens with one attached hydrogen (secondary N) is 12. The van der Waals surface area contributed by atoms with Crippen molar-refractivity contribution in [1.82, 2.24) is 78.5 Å². The van der Waals surface area contributed by atoms with Gasteiger partial charge in [-0.25, -0.2) is 4.79 Å². The molecule has 0 saturated carbocycles. The number of likely N-dealkylation sites (tertiary alicyclic amines) is 3. The highest BCUT2D eigenvalue weighted by Gasteiger charge is 2.44. The molecule has 0 aliphatic carbocycles. The van der Waals surface area contributed by atoms with Crippen molar-refractivity contribution in [3.8, 4) is 0 Å². The van der Waals surface area contributed by atoms with Gasteiger partial charge in [-0.1, -0.05) is 0 Å². The Kier molecular flexibility index (Phi) is 44.1. The fourth-order valence-electron chi connectivity index (χ4n) is 12.9. The van der Waals surface area contributed by atoms with Crippen LogP contribution in [0.1, 0.15) is 169 Å². The monoisotopic (exact) mass is 1620 g/mol. The number of rotatable bonds is 53. The quantitative estimate of drug-likeness (QED) is 0.0252. The number of hydrogen-bond donors (Lipinski definition) is 23. The van der Waals surface area contributed by atoms with Gasteiger partial charge in [0.15, 0.2) is 0 Å². The van der Waals surface area contributed by atoms with Crippen LogP contribution in [0.5, 0.6) is 0 Å². The van der Waals surface area contributed by atoms with Crippen LogP contribution in [0.25, 0.3) is 0 Å². The van der Waals surface area contributed by atoms with Crippen molar-refractivity contribution in [2.75, 3.05) is 65.6 Å². The summed E-state index contributed by atoms with van der Waals surface area (Å²) < 4.78 is 0. The van der Waals surface area contributed by atoms with Gasteiger partial charge in [0.05, 0.1) is 25.9 Å². The lowest BCUT2D eigenvalue weighted by Gasteiger charge is -2.30. The number of carboxylic acid groups (broad SMARTS) is 3. The van der Waals surface area contributed by atoms with Crippen LogP contribution in [-0.4, -0.2) is 314 Å². The zero-order chi connectivity index (χ0) is 85.5. The second kappa shape index (κ2) is 51.1. The number of aliphatic hydroxyl groups is 3. The molecule has 3 heterocycles. The van der Waals surface area contributed by atoms with Gasteiger partial charge in [-0.15, -0.1) is 0 Å². The molecule has 15 amide bonds. The van der Waals surface area contributed by atoms with Gasteiger partial charge in [-0.05, 0) is 182 Å². The van der Waals surface area contributed by atoms with Gasteiger partial charge in [0.25, 0.3) is 0 Å². The highest BCUT2D eigenvalue weighted by Crippen LogP contribution is 2.23. The van der Waals surface area contributed by atoms with Crippen molar-refractivity contribution in [3.63, 3.8) is 0 Å². The van der Waals surface area contributed by atoms with Gasteiger partial charge >= 0.3 is 17.9 Å². The first kappa shape index (κ1) is 98.3. The maximum Gasteiger partial charge on any atom is 0.326 e. The average Bonchev–Trinajstić information content (AvgIpc) is 1.64. The molecule has 3 aliphatic heterocycles. The minimum atomic E-state index is -1.75. The molecule has 3 rings (SSSR count). The summed E-state index contributed by atoms with van der Waals surface area (Å²) in [5.74, 6) is -18.1. The maximum atomic E-state index is 14.2. The van der Waals surface area contributed by atoms with Crippen molar-refractivity contribution < 1.29 is 117 Å². The predicted molar refractivity (Wildman–Crippen MR) is 402 cm³/mol. The number of carboxylic acids is 3. The molecule has 44 heteroatoms. The molecule has 0 radical (unpaired) electrons. The highest BCUT2D eigenvalue weighted by atomic mass is 16.4. The fourth-order valence-corrected chi connectivity index (χ4v) is 12.9. The summed E-state index contributed by atoms with van der Waals surface area (Å²) in [6.45, 7) is 2.82. The van der Waals surface area contributed by atoms with E-state index in [0.29, 0.717) is 38.5 Å². The zero-order valence-electron chi connectivity index (χ0n) is 65.1. The topological polar surface area (TPSA) is 713 Å². The number of amides is 15. The minimum Gasteiger partial charge on any atom is -0.481 e. The molecule has 44 nitrogen and oxygen atoms in total. The molecule has 644 valence electrons. The summed E-state index contributed by atoms with van der Waals surface area (Å²) in [6, 6.07) is -23.1. The van der Waals surface area contributed by atoms with E-state index >= 15 is 0 Å². The standard InChI is InChI=1S/C70H120N20O24/c1-37(75)55(98)79-42(17-6-10-28-72)61(104)85-48(35-92)68(111)89-32-14-21-51(89)66(109)84-46(24-26-54(96)97)64(107)83-41(16-5-9-27-71)59(102)76-38(2)56(99)80-43(18-7-11-29-73)62(105)86-47(34-91)67(110)88-31-13-20-50(88)65(108)78-40(4)58(101)82-45(23-25-53(94)95)60(103)77-39(3)57(100)81-44(19-8-12-30-74)63(106)87-49(36-93)69(112)90-33-15-22-52(90)70(113)114/h37-52,91-93H,5-36,71-75H2,1-4H3,(H,76,102)(H,77,103)(H,78,108)(H,79,98)(H,80,99)(H,81,100)(H,82,101)(H,83,107)(H,84,109)(H,85,104)(H,86,105)(H,87,106)(H,94,95)(H,96,97)(H,113,114)/t37-,38-,39-,40-,41-,42-,43-,44-,45-,46-,47-,48-,49-,50-,51-,52-/m0/s1. The molecule has 0 bridgehead atoms. The summed E-state index contributed by atoms with van der Waals surface area (Å²) in [5.41, 5.74) is 28.4. The Morgan fingerprint density at radius 3 is 0.851 bits per heavy atom. The maximum absolute atomic E-state index is 14.2. The third kappa shape index (κ3) is 32.2. The molecular weight excluding hydrogens is 1500 g/mol. The normalized spacial score (nSPS) is 18.6. The summed E-state index contributed by atoms with van der Waals surface area (Å²) >= 11 is 0. The first-order valence-corrected chi connectivity index (χ1v) is 38.7. The molecule has 0 aromatic rings. The molecular formula is C70H120N20O24. The van der Waals surface area contributed by atoms with E-state index < -0.39 is 249 Å². The Balaban J connectivity index is 1.74. The molecule has 114 heavy (non-hydrogen) atoms. The van der Waals surface area contributed by atoms with Crippen LogP contribution >= 0.6 is 0 Å². The summed E-state index contributed by atoms with van der Waals surface area (Å²) in [5, 5.41) is 89.1. The Bertz CT molecular complexity index is 3300. The lowest BCUT2D eigenvalue weighted by atomic mass is 10.0. The number of carbonyl (C=O) groups excluding carboxylic acids is 15. The van der Waals surface area contributed by atoms with Crippen LogP contribution in [0.2, 0.25) is 0 Å². The van der Waals surface area contributed by atoms with Crippen LogP contribution in [-0.2, 0) is 86.3 Å². The van der Waals surface area contributed by atoms with Gasteiger partial charge in [0.2, 0.25) is 88.6 Å². The smallest absolute Gasteiger partial charge is 0.326 e. The molecule has 28 N–H and O–H groups in total. The third-order valence-electron chi connectivity index (χ3n) is 19.4. The van der Waals surface area contributed by atoms with E-state index in [0.717, 1.165) is 14.7 Å². The summed E-state index contributed by atoms with van der Waals surface area (Å²) in [4.78, 5) is 245. The number of nitrogens with zero attached hydrogens (tertiary/aromatic N) is 3. The second-order valence-electron chi connectivity index (χ2n) is 28.5. The molecule has 3 saturated heterocycles. The van der Waals surface area contributed by atoms with Crippen LogP contribution in [0.15, 0.2) is 0 Å². The first-order valence-electron chi connectivity index (χ1n) is 38.7. The van der Waals surface area contributed by atoms with Crippen LogP contribution in [0, 0.1) is 0 Å². The molecule has 16 atom stereocenters. The SMILES string of the molecule is C[C@H](N)C(=O)N[C@@H](CCCCN)C(=O)N[C@@H](CO)C(=O)N1CCC[C@H]1C(=O)N[C@@H](CCC(=O)O)C(=O)N[C@@H](CCCCN)C(=O)N[C@@H](C)C(=O)N[C@@H](CCCCN)C(=O)N[C@@H](CO)C(=O)N1CCC[C@H]1C(=O)N[C@@H](C)C(=O)N[C@@H](CCC(=O)O)C(=O)N[C@@H](C)C(=O)N[C@@H](CCCCN)C(=O)N[C@@H](CO)C(=O)N1CCC[C@H]1C(=O)O. The molecule has 0 spiro atoms. The van der Waals surface area contributed by atoms with E-state index in [2.05, 4.69) is 63.8 Å². The van der Waals surface area contributed by atoms with Gasteiger partial charge in [-0.3, -0.25) is 81.5 Å². The fraction of sp³-hybridized carbons (Fsp3) is 0.743. The lowest BCUT2D eigenvalue weighted by Crippen LogP contribution is -2.61. The molecule has 3 fully saturated rings.